The van der Waals surface area contributed by atoms with E-state index < -0.39 is 25.5 Å². The van der Waals surface area contributed by atoms with Gasteiger partial charge in [0.05, 0.1) is 38.5 Å². The lowest BCUT2D eigenvalue weighted by atomic mass is 10.1. The van der Waals surface area contributed by atoms with E-state index in [-0.39, 0.29) is 45.4 Å². The molecule has 0 aromatic heterocycles. The van der Waals surface area contributed by atoms with Crippen molar-refractivity contribution < 1.29 is 32.7 Å². The van der Waals surface area contributed by atoms with Crippen molar-refractivity contribution in [2.45, 2.75) is 40.5 Å². The quantitative estimate of drug-likeness (QED) is 0.399. The summed E-state index contributed by atoms with van der Waals surface area (Å²) in [4.78, 5) is 23.4. The zero-order valence-electron chi connectivity index (χ0n) is 13.8. The van der Waals surface area contributed by atoms with Gasteiger partial charge in [-0.05, 0) is 34.1 Å². The molecule has 0 aromatic carbocycles. The van der Waals surface area contributed by atoms with Crippen LogP contribution in [-0.2, 0) is 32.7 Å². The molecule has 0 rings (SSSR count). The van der Waals surface area contributed by atoms with Crippen LogP contribution in [0.15, 0.2) is 0 Å². The van der Waals surface area contributed by atoms with E-state index in [4.69, 9.17) is 18.5 Å². The Morgan fingerprint density at radius 3 is 1.91 bits per heavy atom. The second-order valence-corrected chi connectivity index (χ2v) is 6.53. The molecule has 1 atom stereocenters. The van der Waals surface area contributed by atoms with Crippen molar-refractivity contribution in [3.05, 3.63) is 0 Å². The van der Waals surface area contributed by atoms with Gasteiger partial charge in [-0.1, -0.05) is 0 Å². The highest BCUT2D eigenvalue weighted by Crippen LogP contribution is 2.50. The summed E-state index contributed by atoms with van der Waals surface area (Å²) in [6, 6.07) is 0. The SMILES string of the molecule is CCOC(=O)CCC(CP(=O)(OCC)OCC)C(=O)OCC. The Morgan fingerprint density at radius 2 is 1.45 bits per heavy atom. The van der Waals surface area contributed by atoms with Crippen molar-refractivity contribution in [2.75, 3.05) is 32.6 Å². The maximum atomic E-state index is 12.5. The van der Waals surface area contributed by atoms with Crippen LogP contribution in [0, 0.1) is 5.92 Å². The molecule has 0 saturated carbocycles. The van der Waals surface area contributed by atoms with Crippen molar-refractivity contribution in [3.8, 4) is 0 Å². The van der Waals surface area contributed by atoms with Crippen LogP contribution in [0.5, 0.6) is 0 Å². The number of hydrogen-bond acceptors (Lipinski definition) is 7. The van der Waals surface area contributed by atoms with Crippen LogP contribution in [-0.4, -0.2) is 44.5 Å². The minimum Gasteiger partial charge on any atom is -0.466 e. The zero-order chi connectivity index (χ0) is 17.0. The molecule has 130 valence electrons. The molecule has 8 heteroatoms. The minimum absolute atomic E-state index is 0.0512. The third-order valence-corrected chi connectivity index (χ3v) is 4.91. The lowest BCUT2D eigenvalue weighted by Gasteiger charge is -2.22. The van der Waals surface area contributed by atoms with Crippen molar-refractivity contribution in [3.63, 3.8) is 0 Å². The van der Waals surface area contributed by atoms with Crippen LogP contribution in [0.25, 0.3) is 0 Å². The van der Waals surface area contributed by atoms with Gasteiger partial charge in [-0.2, -0.15) is 0 Å². The van der Waals surface area contributed by atoms with Crippen LogP contribution >= 0.6 is 7.60 Å². The summed E-state index contributed by atoms with van der Waals surface area (Å²) in [6.45, 7) is 7.70. The van der Waals surface area contributed by atoms with Crippen molar-refractivity contribution in [1.29, 1.82) is 0 Å². The summed E-state index contributed by atoms with van der Waals surface area (Å²) in [5.74, 6) is -1.64. The molecule has 0 amide bonds. The Morgan fingerprint density at radius 1 is 0.909 bits per heavy atom. The monoisotopic (exact) mass is 338 g/mol. The maximum absolute atomic E-state index is 12.5. The summed E-state index contributed by atoms with van der Waals surface area (Å²) in [6.07, 6.45) is 0.129. The van der Waals surface area contributed by atoms with E-state index in [0.717, 1.165) is 0 Å². The molecule has 0 saturated heterocycles. The number of esters is 2. The van der Waals surface area contributed by atoms with Crippen LogP contribution in [0.2, 0.25) is 0 Å². The van der Waals surface area contributed by atoms with Gasteiger partial charge >= 0.3 is 19.5 Å². The average molecular weight is 338 g/mol. The minimum atomic E-state index is -3.38. The molecular formula is C14H27O7P. The van der Waals surface area contributed by atoms with Crippen molar-refractivity contribution >= 4 is 19.5 Å². The molecule has 1 unspecified atom stereocenters. The van der Waals surface area contributed by atoms with Crippen LogP contribution in [0.3, 0.4) is 0 Å². The van der Waals surface area contributed by atoms with Crippen LogP contribution in [0.1, 0.15) is 40.5 Å². The van der Waals surface area contributed by atoms with E-state index in [2.05, 4.69) is 0 Å². The van der Waals surface area contributed by atoms with E-state index in [1.165, 1.54) is 0 Å². The fourth-order valence-corrected chi connectivity index (χ4v) is 3.82. The van der Waals surface area contributed by atoms with Crippen LogP contribution < -0.4 is 0 Å². The molecule has 0 radical (unpaired) electrons. The van der Waals surface area contributed by atoms with Crippen molar-refractivity contribution in [2.24, 2.45) is 5.92 Å². The van der Waals surface area contributed by atoms with Gasteiger partial charge < -0.3 is 18.5 Å². The predicted octanol–water partition coefficient (Wildman–Crippen LogP) is 2.78. The molecule has 0 bridgehead atoms. The Bertz CT molecular complexity index is 373. The summed E-state index contributed by atoms with van der Waals surface area (Å²) >= 11 is 0. The first-order valence-corrected chi connectivity index (χ1v) is 9.35. The highest BCUT2D eigenvalue weighted by molar-refractivity contribution is 7.53. The fourth-order valence-electron chi connectivity index (χ4n) is 1.88. The smallest absolute Gasteiger partial charge is 0.331 e. The van der Waals surface area contributed by atoms with Gasteiger partial charge in [-0.25, -0.2) is 0 Å². The summed E-state index contributed by atoms with van der Waals surface area (Å²) in [5, 5.41) is 0. The molecule has 0 aliphatic heterocycles. The number of carbonyl (C=O) groups is 2. The second kappa shape index (κ2) is 11.6. The summed E-state index contributed by atoms with van der Waals surface area (Å²) in [5.41, 5.74) is 0. The Balaban J connectivity index is 4.86. The molecule has 0 spiro atoms. The summed E-state index contributed by atoms with van der Waals surface area (Å²) in [7, 11) is -3.38. The fraction of sp³-hybridized carbons (Fsp3) is 0.857. The molecule has 0 aliphatic carbocycles. The highest BCUT2D eigenvalue weighted by atomic mass is 31.2. The number of ether oxygens (including phenoxy) is 2. The normalized spacial score (nSPS) is 12.7. The zero-order valence-corrected chi connectivity index (χ0v) is 14.7. The van der Waals surface area contributed by atoms with E-state index in [1.54, 1.807) is 27.7 Å². The standard InChI is InChI=1S/C14H27O7P/c1-5-18-13(15)10-9-12(14(16)19-6-2)11-22(17,20-7-3)21-8-4/h12H,5-11H2,1-4H3. The van der Waals surface area contributed by atoms with E-state index in [1.807, 2.05) is 0 Å². The lowest BCUT2D eigenvalue weighted by Crippen LogP contribution is -2.24. The molecule has 0 N–H and O–H groups in total. The second-order valence-electron chi connectivity index (χ2n) is 4.42. The van der Waals surface area contributed by atoms with Gasteiger partial charge in [0.25, 0.3) is 0 Å². The van der Waals surface area contributed by atoms with Gasteiger partial charge in [0.1, 0.15) is 0 Å². The van der Waals surface area contributed by atoms with Gasteiger partial charge in [0.15, 0.2) is 0 Å². The van der Waals surface area contributed by atoms with E-state index in [0.29, 0.717) is 0 Å². The molecule has 0 aromatic rings. The molecule has 7 nitrogen and oxygen atoms in total. The number of hydrogen-bond donors (Lipinski definition) is 0. The van der Waals surface area contributed by atoms with Gasteiger partial charge in [-0.3, -0.25) is 14.2 Å². The first-order valence-electron chi connectivity index (χ1n) is 7.62. The van der Waals surface area contributed by atoms with Gasteiger partial charge in [-0.15, -0.1) is 0 Å². The highest BCUT2D eigenvalue weighted by Gasteiger charge is 2.33. The molecule has 0 heterocycles. The summed E-state index contributed by atoms with van der Waals surface area (Å²) < 4.78 is 32.7. The van der Waals surface area contributed by atoms with Gasteiger partial charge in [0.2, 0.25) is 0 Å². The largest absolute Gasteiger partial charge is 0.466 e. The average Bonchev–Trinajstić information content (AvgIpc) is 2.44. The first kappa shape index (κ1) is 21.1. The Kier molecular flexibility index (Phi) is 11.1. The van der Waals surface area contributed by atoms with Gasteiger partial charge in [0, 0.05) is 6.42 Å². The Hall–Kier alpha value is -0.910. The molecule has 22 heavy (non-hydrogen) atoms. The van der Waals surface area contributed by atoms with E-state index >= 15 is 0 Å². The number of carbonyl (C=O) groups excluding carboxylic acids is 2. The topological polar surface area (TPSA) is 88.1 Å². The van der Waals surface area contributed by atoms with E-state index in [9.17, 15) is 14.2 Å². The predicted molar refractivity (Wildman–Crippen MR) is 81.7 cm³/mol. The number of rotatable bonds is 12. The molecular weight excluding hydrogens is 311 g/mol. The third kappa shape index (κ3) is 8.51. The molecule has 0 fully saturated rings. The first-order chi connectivity index (χ1) is 10.4. The lowest BCUT2D eigenvalue weighted by molar-refractivity contribution is -0.148. The Labute approximate surface area is 132 Å². The third-order valence-electron chi connectivity index (χ3n) is 2.72. The molecule has 0 aliphatic rings. The van der Waals surface area contributed by atoms with Crippen molar-refractivity contribution in [1.82, 2.24) is 0 Å². The van der Waals surface area contributed by atoms with Crippen LogP contribution in [0.4, 0.5) is 0 Å². The maximum Gasteiger partial charge on any atom is 0.331 e.